The molecule has 0 bridgehead atoms. The molecule has 29 heavy (non-hydrogen) atoms. The van der Waals surface area contributed by atoms with Gasteiger partial charge in [0.2, 0.25) is 0 Å². The zero-order valence-electron chi connectivity index (χ0n) is 15.8. The molecule has 6 nitrogen and oxygen atoms in total. The van der Waals surface area contributed by atoms with Crippen LogP contribution in [0, 0.1) is 6.92 Å². The Hall–Kier alpha value is -2.94. The average Bonchev–Trinajstić information content (AvgIpc) is 2.74. The van der Waals surface area contributed by atoms with Crippen molar-refractivity contribution in [3.8, 4) is 11.8 Å². The SMILES string of the molecule is Cc1ccc(N(CCI)c2ccc(Oc3nc4cnccc4c(=O)[nH]3)cc2)cc1. The maximum atomic E-state index is 12.2. The van der Waals surface area contributed by atoms with Gasteiger partial charge in [-0.3, -0.25) is 14.8 Å². The number of rotatable bonds is 6. The van der Waals surface area contributed by atoms with Crippen LogP contribution in [0.4, 0.5) is 11.4 Å². The van der Waals surface area contributed by atoms with Crippen molar-refractivity contribution in [2.75, 3.05) is 15.9 Å². The zero-order chi connectivity index (χ0) is 20.2. The van der Waals surface area contributed by atoms with E-state index in [-0.39, 0.29) is 11.6 Å². The number of hydrogen-bond donors (Lipinski definition) is 1. The van der Waals surface area contributed by atoms with Gasteiger partial charge in [0, 0.05) is 28.5 Å². The lowest BCUT2D eigenvalue weighted by atomic mass is 10.2. The van der Waals surface area contributed by atoms with E-state index in [9.17, 15) is 4.79 Å². The molecule has 146 valence electrons. The van der Waals surface area contributed by atoms with Crippen molar-refractivity contribution in [2.45, 2.75) is 6.92 Å². The minimum absolute atomic E-state index is 0.144. The van der Waals surface area contributed by atoms with Crippen LogP contribution < -0.4 is 15.2 Å². The molecule has 0 aliphatic rings. The molecular weight excluding hydrogens is 479 g/mol. The van der Waals surface area contributed by atoms with Crippen LogP contribution in [0.2, 0.25) is 0 Å². The smallest absolute Gasteiger partial charge is 0.302 e. The van der Waals surface area contributed by atoms with Gasteiger partial charge in [-0.15, -0.1) is 0 Å². The largest absolute Gasteiger partial charge is 0.426 e. The van der Waals surface area contributed by atoms with Crippen LogP contribution in [0.1, 0.15) is 5.56 Å². The first kappa shape index (κ1) is 19.4. The van der Waals surface area contributed by atoms with E-state index in [1.54, 1.807) is 18.5 Å². The van der Waals surface area contributed by atoms with Gasteiger partial charge in [0.15, 0.2) is 0 Å². The van der Waals surface area contributed by atoms with Crippen LogP contribution in [-0.2, 0) is 0 Å². The molecule has 0 radical (unpaired) electrons. The Morgan fingerprint density at radius 1 is 1.03 bits per heavy atom. The number of alkyl halides is 1. The lowest BCUT2D eigenvalue weighted by molar-refractivity contribution is 0.443. The van der Waals surface area contributed by atoms with Crippen LogP contribution in [0.3, 0.4) is 0 Å². The van der Waals surface area contributed by atoms with Gasteiger partial charge in [-0.25, -0.2) is 0 Å². The number of hydrogen-bond acceptors (Lipinski definition) is 5. The van der Waals surface area contributed by atoms with Crippen molar-refractivity contribution < 1.29 is 4.74 Å². The molecule has 0 saturated carbocycles. The Kier molecular flexibility index (Phi) is 5.75. The van der Waals surface area contributed by atoms with Crippen molar-refractivity contribution in [3.05, 3.63) is 82.9 Å². The lowest BCUT2D eigenvalue weighted by Crippen LogP contribution is -2.19. The number of benzene rings is 2. The summed E-state index contributed by atoms with van der Waals surface area (Å²) in [5.74, 6) is 0.596. The van der Waals surface area contributed by atoms with Gasteiger partial charge >= 0.3 is 6.01 Å². The quantitative estimate of drug-likeness (QED) is 0.300. The van der Waals surface area contributed by atoms with E-state index in [0.717, 1.165) is 22.3 Å². The molecule has 0 saturated heterocycles. The van der Waals surface area contributed by atoms with Crippen LogP contribution in [0.5, 0.6) is 11.8 Å². The predicted molar refractivity (Wildman–Crippen MR) is 124 cm³/mol. The second-order valence-corrected chi connectivity index (χ2v) is 7.61. The summed E-state index contributed by atoms with van der Waals surface area (Å²) in [7, 11) is 0. The van der Waals surface area contributed by atoms with E-state index in [0.29, 0.717) is 16.7 Å². The first-order chi connectivity index (χ1) is 14.1. The number of halogens is 1. The monoisotopic (exact) mass is 498 g/mol. The number of nitrogens with one attached hydrogen (secondary N) is 1. The summed E-state index contributed by atoms with van der Waals surface area (Å²) in [5, 5.41) is 0.482. The van der Waals surface area contributed by atoms with E-state index < -0.39 is 0 Å². The molecule has 2 aromatic heterocycles. The Morgan fingerprint density at radius 2 is 1.72 bits per heavy atom. The Morgan fingerprint density at radius 3 is 2.41 bits per heavy atom. The first-order valence-electron chi connectivity index (χ1n) is 9.16. The molecule has 2 aromatic carbocycles. The molecule has 0 atom stereocenters. The number of fused-ring (bicyclic) bond motifs is 1. The molecule has 4 aromatic rings. The fourth-order valence-corrected chi connectivity index (χ4v) is 3.52. The van der Waals surface area contributed by atoms with Gasteiger partial charge in [-0.2, -0.15) is 4.98 Å². The van der Waals surface area contributed by atoms with Gasteiger partial charge in [0.25, 0.3) is 5.56 Å². The highest BCUT2D eigenvalue weighted by molar-refractivity contribution is 14.1. The molecule has 0 unspecified atom stereocenters. The number of H-pyrrole nitrogens is 1. The van der Waals surface area contributed by atoms with Gasteiger partial charge in [0.05, 0.1) is 17.1 Å². The summed E-state index contributed by atoms with van der Waals surface area (Å²) in [6.45, 7) is 2.98. The van der Waals surface area contributed by atoms with E-state index in [4.69, 9.17) is 4.74 Å². The van der Waals surface area contributed by atoms with Gasteiger partial charge < -0.3 is 9.64 Å². The molecule has 0 aliphatic heterocycles. The Bertz CT molecular complexity index is 1170. The maximum Gasteiger partial charge on any atom is 0.302 e. The van der Waals surface area contributed by atoms with Crippen LogP contribution in [-0.4, -0.2) is 25.9 Å². The number of ether oxygens (including phenoxy) is 1. The predicted octanol–water partition coefficient (Wildman–Crippen LogP) is 4.99. The molecule has 0 aliphatic carbocycles. The molecular formula is C22H19IN4O2. The van der Waals surface area contributed by atoms with Crippen molar-refractivity contribution in [1.82, 2.24) is 15.0 Å². The third-order valence-corrected chi connectivity index (χ3v) is 4.99. The minimum Gasteiger partial charge on any atom is -0.426 e. The van der Waals surface area contributed by atoms with E-state index in [1.807, 2.05) is 24.3 Å². The fourth-order valence-electron chi connectivity index (χ4n) is 3.04. The molecule has 7 heteroatoms. The van der Waals surface area contributed by atoms with Crippen molar-refractivity contribution in [2.24, 2.45) is 0 Å². The van der Waals surface area contributed by atoms with Crippen LogP contribution >= 0.6 is 22.6 Å². The van der Waals surface area contributed by atoms with E-state index in [2.05, 4.69) is 73.6 Å². The molecule has 0 spiro atoms. The average molecular weight is 498 g/mol. The van der Waals surface area contributed by atoms with Gasteiger partial charge in [-0.1, -0.05) is 40.3 Å². The van der Waals surface area contributed by atoms with Crippen LogP contribution in [0.15, 0.2) is 71.8 Å². The maximum absolute atomic E-state index is 12.2. The van der Waals surface area contributed by atoms with Gasteiger partial charge in [0.1, 0.15) is 5.75 Å². The van der Waals surface area contributed by atoms with E-state index >= 15 is 0 Å². The lowest BCUT2D eigenvalue weighted by Gasteiger charge is -2.24. The molecule has 1 N–H and O–H groups in total. The van der Waals surface area contributed by atoms with Gasteiger partial charge in [-0.05, 0) is 49.4 Å². The third kappa shape index (κ3) is 4.40. The second kappa shape index (κ2) is 8.60. The number of pyridine rings is 1. The topological polar surface area (TPSA) is 71.1 Å². The minimum atomic E-state index is -0.253. The molecule has 0 amide bonds. The Balaban J connectivity index is 1.58. The fraction of sp³-hybridized carbons (Fsp3) is 0.136. The van der Waals surface area contributed by atoms with Crippen molar-refractivity contribution in [1.29, 1.82) is 0 Å². The van der Waals surface area contributed by atoms with Crippen molar-refractivity contribution in [3.63, 3.8) is 0 Å². The Labute approximate surface area is 181 Å². The summed E-state index contributed by atoms with van der Waals surface area (Å²) in [4.78, 5) is 25.4. The second-order valence-electron chi connectivity index (χ2n) is 6.54. The number of aromatic amines is 1. The van der Waals surface area contributed by atoms with E-state index in [1.165, 1.54) is 5.56 Å². The molecule has 0 fully saturated rings. The standard InChI is InChI=1S/C22H19IN4O2/c1-15-2-4-16(5-3-15)27(13-11-23)17-6-8-18(9-7-17)29-22-25-20-14-24-12-10-19(20)21(28)26-22/h2-10,12,14H,11,13H2,1H3,(H,25,26,28). The normalized spacial score (nSPS) is 10.8. The third-order valence-electron chi connectivity index (χ3n) is 4.50. The highest BCUT2D eigenvalue weighted by Gasteiger charge is 2.10. The number of anilines is 2. The highest BCUT2D eigenvalue weighted by atomic mass is 127. The number of aromatic nitrogens is 3. The molecule has 2 heterocycles. The van der Waals surface area contributed by atoms with Crippen molar-refractivity contribution >= 4 is 44.9 Å². The van der Waals surface area contributed by atoms with Crippen LogP contribution in [0.25, 0.3) is 10.9 Å². The zero-order valence-corrected chi connectivity index (χ0v) is 18.0. The highest BCUT2D eigenvalue weighted by Crippen LogP contribution is 2.28. The summed E-state index contributed by atoms with van der Waals surface area (Å²) >= 11 is 2.38. The summed E-state index contributed by atoms with van der Waals surface area (Å²) in [6, 6.07) is 18.0. The summed E-state index contributed by atoms with van der Waals surface area (Å²) < 4.78 is 6.77. The number of aryl methyl sites for hydroxylation is 1. The summed E-state index contributed by atoms with van der Waals surface area (Å²) in [6.07, 6.45) is 3.11. The number of nitrogens with zero attached hydrogens (tertiary/aromatic N) is 3. The molecule has 4 rings (SSSR count). The summed E-state index contributed by atoms with van der Waals surface area (Å²) in [5.41, 5.74) is 3.70. The first-order valence-corrected chi connectivity index (χ1v) is 10.7.